The Balaban J connectivity index is 2.61. The third kappa shape index (κ3) is 5.76. The molecule has 0 heterocycles. The average Bonchev–Trinajstić information content (AvgIpc) is 2.25. The van der Waals surface area contributed by atoms with Crippen molar-refractivity contribution in [3.05, 3.63) is 0 Å². The van der Waals surface area contributed by atoms with Crippen molar-refractivity contribution in [2.75, 3.05) is 23.5 Å². The fraction of sp³-hybridized carbons (Fsp3) is 0.909. The Morgan fingerprint density at radius 1 is 1.15 bits per heavy atom. The van der Waals surface area contributed by atoms with Gasteiger partial charge in [-0.1, -0.05) is 0 Å². The molecule has 1 fully saturated rings. The zero-order valence-corrected chi connectivity index (χ0v) is 12.9. The maximum atomic E-state index is 11.8. The molecule has 20 heavy (non-hydrogen) atoms. The topological polar surface area (TPSA) is 126 Å². The van der Waals surface area contributed by atoms with E-state index in [0.717, 1.165) is 6.26 Å². The summed E-state index contributed by atoms with van der Waals surface area (Å²) in [5.74, 6) is -2.98. The highest BCUT2D eigenvalue weighted by atomic mass is 32.2. The van der Waals surface area contributed by atoms with E-state index in [9.17, 15) is 26.7 Å². The Kier molecular flexibility index (Phi) is 5.20. The number of aliphatic hydroxyl groups is 1. The highest BCUT2D eigenvalue weighted by Gasteiger charge is 2.39. The van der Waals surface area contributed by atoms with Gasteiger partial charge in [-0.25, -0.2) is 16.8 Å². The molecule has 1 aliphatic rings. The summed E-state index contributed by atoms with van der Waals surface area (Å²) in [6.45, 7) is 0. The van der Waals surface area contributed by atoms with E-state index in [-0.39, 0.29) is 25.7 Å². The largest absolute Gasteiger partial charge is 0.481 e. The molecule has 1 saturated carbocycles. The van der Waals surface area contributed by atoms with Crippen molar-refractivity contribution in [2.24, 2.45) is 5.92 Å². The summed E-state index contributed by atoms with van der Waals surface area (Å²) < 4.78 is 45.6. The van der Waals surface area contributed by atoms with Crippen LogP contribution >= 0.6 is 0 Å². The lowest BCUT2D eigenvalue weighted by Crippen LogP contribution is -2.43. The van der Waals surface area contributed by atoms with E-state index < -0.39 is 54.4 Å². The van der Waals surface area contributed by atoms with Crippen LogP contribution in [0.4, 0.5) is 0 Å². The van der Waals surface area contributed by atoms with Crippen LogP contribution in [0.15, 0.2) is 0 Å². The van der Waals surface area contributed by atoms with E-state index in [1.165, 1.54) is 0 Å². The predicted octanol–water partition coefficient (Wildman–Crippen LogP) is -0.548. The third-order valence-corrected chi connectivity index (χ3v) is 6.53. The van der Waals surface area contributed by atoms with Crippen LogP contribution in [0.2, 0.25) is 0 Å². The zero-order chi connectivity index (χ0) is 15.6. The van der Waals surface area contributed by atoms with E-state index in [2.05, 4.69) is 0 Å². The van der Waals surface area contributed by atoms with E-state index in [4.69, 9.17) is 5.11 Å². The van der Waals surface area contributed by atoms with Gasteiger partial charge in [0.1, 0.15) is 9.84 Å². The normalized spacial score (nSPS) is 28.2. The quantitative estimate of drug-likeness (QED) is 0.670. The molecule has 0 unspecified atom stereocenters. The number of hydrogen-bond acceptors (Lipinski definition) is 6. The molecule has 7 nitrogen and oxygen atoms in total. The number of carboxylic acids is 1. The lowest BCUT2D eigenvalue weighted by atomic mass is 9.80. The fourth-order valence-corrected chi connectivity index (χ4v) is 5.78. The second kappa shape index (κ2) is 5.98. The van der Waals surface area contributed by atoms with E-state index in [0.29, 0.717) is 0 Å². The first-order valence-corrected chi connectivity index (χ1v) is 10.1. The Labute approximate surface area is 118 Å². The number of hydrogen-bond donors (Lipinski definition) is 2. The van der Waals surface area contributed by atoms with Crippen molar-refractivity contribution in [3.63, 3.8) is 0 Å². The van der Waals surface area contributed by atoms with E-state index in [1.807, 2.05) is 0 Å². The molecule has 0 amide bonds. The van der Waals surface area contributed by atoms with Crippen LogP contribution in [0.25, 0.3) is 0 Å². The first kappa shape index (κ1) is 17.4. The molecule has 0 bridgehead atoms. The lowest BCUT2D eigenvalue weighted by Gasteiger charge is -2.34. The van der Waals surface area contributed by atoms with Crippen LogP contribution in [-0.4, -0.2) is 62.1 Å². The van der Waals surface area contributed by atoms with Gasteiger partial charge in [-0.2, -0.15) is 0 Å². The lowest BCUT2D eigenvalue weighted by molar-refractivity contribution is -0.144. The highest BCUT2D eigenvalue weighted by molar-refractivity contribution is 7.94. The summed E-state index contributed by atoms with van der Waals surface area (Å²) in [7, 11) is -7.06. The summed E-state index contributed by atoms with van der Waals surface area (Å²) in [5.41, 5.74) is -1.44. The minimum atomic E-state index is -3.69. The van der Waals surface area contributed by atoms with Gasteiger partial charge < -0.3 is 10.2 Å². The standard InChI is InChI=1S/C11H20O7S2/c1-19(15,16)6-7-20(17,18)8-11(14)4-2-9(3-5-11)10(12)13/h9,14H,2-8H2,1H3,(H,12,13). The number of aliphatic carboxylic acids is 1. The molecule has 0 saturated heterocycles. The maximum absolute atomic E-state index is 11.8. The van der Waals surface area contributed by atoms with Crippen LogP contribution in [0, 0.1) is 5.92 Å². The molecule has 0 aliphatic heterocycles. The summed E-state index contributed by atoms with van der Waals surface area (Å²) in [5, 5.41) is 19.1. The Morgan fingerprint density at radius 2 is 1.65 bits per heavy atom. The molecule has 0 aromatic carbocycles. The fourth-order valence-electron chi connectivity index (χ4n) is 2.31. The monoisotopic (exact) mass is 328 g/mol. The summed E-state index contributed by atoms with van der Waals surface area (Å²) >= 11 is 0. The van der Waals surface area contributed by atoms with Gasteiger partial charge in [0.2, 0.25) is 0 Å². The molecule has 1 aliphatic carbocycles. The number of sulfone groups is 2. The van der Waals surface area contributed by atoms with Gasteiger partial charge in [-0.05, 0) is 25.7 Å². The first-order valence-electron chi connectivity index (χ1n) is 6.26. The molecule has 118 valence electrons. The van der Waals surface area contributed by atoms with Gasteiger partial charge in [0.05, 0.1) is 28.8 Å². The van der Waals surface area contributed by atoms with Crippen LogP contribution in [0.1, 0.15) is 25.7 Å². The van der Waals surface area contributed by atoms with Crippen LogP contribution in [-0.2, 0) is 24.5 Å². The molecule has 2 N–H and O–H groups in total. The minimum absolute atomic E-state index is 0.0993. The van der Waals surface area contributed by atoms with Crippen molar-refractivity contribution in [2.45, 2.75) is 31.3 Å². The van der Waals surface area contributed by atoms with Crippen molar-refractivity contribution in [3.8, 4) is 0 Å². The average molecular weight is 328 g/mol. The molecule has 0 spiro atoms. The van der Waals surface area contributed by atoms with Gasteiger partial charge in [0, 0.05) is 6.26 Å². The van der Waals surface area contributed by atoms with Gasteiger partial charge in [0.15, 0.2) is 9.84 Å². The Bertz CT molecular complexity index is 554. The summed E-state index contributed by atoms with van der Waals surface area (Å²) in [6, 6.07) is 0. The van der Waals surface area contributed by atoms with Crippen molar-refractivity contribution < 1.29 is 31.8 Å². The third-order valence-electron chi connectivity index (χ3n) is 3.52. The number of rotatable bonds is 6. The first-order chi connectivity index (χ1) is 8.93. The maximum Gasteiger partial charge on any atom is 0.306 e. The molecule has 0 radical (unpaired) electrons. The molecule has 0 aromatic heterocycles. The van der Waals surface area contributed by atoms with Crippen molar-refractivity contribution >= 4 is 25.6 Å². The Hall–Kier alpha value is -0.670. The smallest absolute Gasteiger partial charge is 0.306 e. The summed E-state index contributed by atoms with van der Waals surface area (Å²) in [6.07, 6.45) is 1.61. The zero-order valence-electron chi connectivity index (χ0n) is 11.3. The molecular weight excluding hydrogens is 308 g/mol. The van der Waals surface area contributed by atoms with Gasteiger partial charge in [-0.15, -0.1) is 0 Å². The molecule has 9 heteroatoms. The summed E-state index contributed by atoms with van der Waals surface area (Å²) in [4.78, 5) is 10.8. The van der Waals surface area contributed by atoms with Gasteiger partial charge >= 0.3 is 5.97 Å². The van der Waals surface area contributed by atoms with Crippen molar-refractivity contribution in [1.29, 1.82) is 0 Å². The van der Waals surface area contributed by atoms with Gasteiger partial charge in [0.25, 0.3) is 0 Å². The van der Waals surface area contributed by atoms with Crippen LogP contribution in [0.3, 0.4) is 0 Å². The van der Waals surface area contributed by atoms with E-state index >= 15 is 0 Å². The minimum Gasteiger partial charge on any atom is -0.481 e. The SMILES string of the molecule is CS(=O)(=O)CCS(=O)(=O)CC1(O)CCC(C(=O)O)CC1. The van der Waals surface area contributed by atoms with Crippen LogP contribution in [0.5, 0.6) is 0 Å². The molecular formula is C11H20O7S2. The number of carbonyl (C=O) groups is 1. The predicted molar refractivity (Wildman–Crippen MR) is 72.9 cm³/mol. The Morgan fingerprint density at radius 3 is 2.05 bits per heavy atom. The highest BCUT2D eigenvalue weighted by Crippen LogP contribution is 2.33. The van der Waals surface area contributed by atoms with Crippen molar-refractivity contribution in [1.82, 2.24) is 0 Å². The van der Waals surface area contributed by atoms with E-state index in [1.54, 1.807) is 0 Å². The van der Waals surface area contributed by atoms with Gasteiger partial charge in [-0.3, -0.25) is 4.79 Å². The second-order valence-electron chi connectivity index (χ2n) is 5.56. The molecule has 1 rings (SSSR count). The number of carboxylic acid groups (broad SMARTS) is 1. The molecule has 0 aromatic rings. The molecule has 0 atom stereocenters. The second-order valence-corrected chi connectivity index (χ2v) is 10.0. The van der Waals surface area contributed by atoms with Crippen LogP contribution < -0.4 is 0 Å².